The lowest BCUT2D eigenvalue weighted by molar-refractivity contribution is -0.227. The Bertz CT molecular complexity index is 1100. The number of fused-ring (bicyclic) bond motifs is 3. The lowest BCUT2D eigenvalue weighted by Crippen LogP contribution is -2.50. The van der Waals surface area contributed by atoms with Crippen LogP contribution in [0.5, 0.6) is 0 Å². The Morgan fingerprint density at radius 2 is 2.08 bits per heavy atom. The molecule has 0 amide bonds. The van der Waals surface area contributed by atoms with Gasteiger partial charge in [-0.15, -0.1) is 0 Å². The van der Waals surface area contributed by atoms with E-state index in [1.165, 1.54) is 6.08 Å². The van der Waals surface area contributed by atoms with Crippen LogP contribution in [0.1, 0.15) is 53.2 Å². The Hall–Kier alpha value is -2.48. The van der Waals surface area contributed by atoms with Crippen LogP contribution in [0.3, 0.4) is 0 Å². The van der Waals surface area contributed by atoms with Gasteiger partial charge in [0, 0.05) is 32.3 Å². The first-order valence-corrected chi connectivity index (χ1v) is 12.9. The summed E-state index contributed by atoms with van der Waals surface area (Å²) in [5.74, 6) is -1.09. The lowest BCUT2D eigenvalue weighted by Gasteiger charge is -2.45. The molecule has 0 saturated carbocycles. The van der Waals surface area contributed by atoms with Crippen molar-refractivity contribution in [2.75, 3.05) is 7.11 Å². The zero-order valence-corrected chi connectivity index (χ0v) is 22.5. The van der Waals surface area contributed by atoms with Crippen molar-refractivity contribution in [1.82, 2.24) is 9.55 Å². The molecule has 3 heterocycles. The SMILES string of the molecule is CC/C1=C/[C@@H]2[C@@H](C(C)C)C=C[C@@](C)(O)[C@@H]2C[C@H](OC(=O)/C=C/c2cn(C)cn2)[C@]2(C)C=C[C@@]1(OC)O2. The minimum Gasteiger partial charge on any atom is -0.456 e. The van der Waals surface area contributed by atoms with Gasteiger partial charge in [-0.3, -0.25) is 0 Å². The van der Waals surface area contributed by atoms with Crippen LogP contribution in [0.4, 0.5) is 0 Å². The zero-order chi connectivity index (χ0) is 26.3. The van der Waals surface area contributed by atoms with Crippen molar-refractivity contribution < 1.29 is 24.1 Å². The van der Waals surface area contributed by atoms with E-state index in [-0.39, 0.29) is 17.8 Å². The monoisotopic (exact) mass is 496 g/mol. The Morgan fingerprint density at radius 3 is 2.69 bits per heavy atom. The molecule has 0 unspecified atom stereocenters. The number of aromatic nitrogens is 2. The van der Waals surface area contributed by atoms with Crippen LogP contribution in [0.25, 0.3) is 6.08 Å². The van der Waals surface area contributed by atoms with Crippen molar-refractivity contribution in [2.24, 2.45) is 30.7 Å². The van der Waals surface area contributed by atoms with Gasteiger partial charge >= 0.3 is 5.97 Å². The van der Waals surface area contributed by atoms with Gasteiger partial charge in [-0.05, 0) is 68.2 Å². The highest BCUT2D eigenvalue weighted by Gasteiger charge is 2.54. The first kappa shape index (κ1) is 26.6. The molecule has 2 bridgehead atoms. The third kappa shape index (κ3) is 4.89. The summed E-state index contributed by atoms with van der Waals surface area (Å²) in [6, 6.07) is 0. The highest BCUT2D eigenvalue weighted by molar-refractivity contribution is 5.86. The van der Waals surface area contributed by atoms with Gasteiger partial charge < -0.3 is 23.9 Å². The van der Waals surface area contributed by atoms with E-state index in [4.69, 9.17) is 14.2 Å². The molecule has 0 fully saturated rings. The summed E-state index contributed by atoms with van der Waals surface area (Å²) in [6.45, 7) is 10.3. The third-order valence-corrected chi connectivity index (χ3v) is 8.10. The van der Waals surface area contributed by atoms with Crippen LogP contribution in [-0.4, -0.2) is 50.8 Å². The number of methoxy groups -OCH3 is 1. The molecular formula is C29H40N2O5. The number of hydrogen-bond acceptors (Lipinski definition) is 6. The fourth-order valence-corrected chi connectivity index (χ4v) is 5.96. The average Bonchev–Trinajstić information content (AvgIpc) is 3.41. The normalized spacial score (nSPS) is 39.4. The molecule has 7 nitrogen and oxygen atoms in total. The molecule has 1 N–H and O–H groups in total. The van der Waals surface area contributed by atoms with Gasteiger partial charge in [-0.2, -0.15) is 0 Å². The van der Waals surface area contributed by atoms with Crippen LogP contribution < -0.4 is 0 Å². The Kier molecular flexibility index (Phi) is 7.21. The van der Waals surface area contributed by atoms with Gasteiger partial charge in [0.2, 0.25) is 5.79 Å². The number of rotatable bonds is 6. The van der Waals surface area contributed by atoms with Gasteiger partial charge in [0.15, 0.2) is 0 Å². The van der Waals surface area contributed by atoms with E-state index >= 15 is 0 Å². The molecule has 3 aliphatic rings. The summed E-state index contributed by atoms with van der Waals surface area (Å²) < 4.78 is 20.5. The number of carbonyl (C=O) groups is 1. The van der Waals surface area contributed by atoms with E-state index in [9.17, 15) is 9.90 Å². The van der Waals surface area contributed by atoms with Crippen molar-refractivity contribution in [3.05, 3.63) is 60.2 Å². The number of imidazole rings is 1. The van der Waals surface area contributed by atoms with Gasteiger partial charge in [0.05, 0.1) is 17.6 Å². The number of aryl methyl sites for hydroxylation is 1. The second-order valence-electron chi connectivity index (χ2n) is 11.1. The van der Waals surface area contributed by atoms with Crippen LogP contribution in [0.15, 0.2) is 54.6 Å². The van der Waals surface area contributed by atoms with Crippen LogP contribution in [0, 0.1) is 23.7 Å². The number of carbonyl (C=O) groups excluding carboxylic acids is 1. The lowest BCUT2D eigenvalue weighted by atomic mass is 9.62. The molecule has 0 aromatic carbocycles. The number of aliphatic hydroxyl groups is 1. The molecule has 0 radical (unpaired) electrons. The van der Waals surface area contributed by atoms with Gasteiger partial charge in [-0.25, -0.2) is 9.78 Å². The summed E-state index contributed by atoms with van der Waals surface area (Å²) in [6.07, 6.45) is 17.2. The maximum atomic E-state index is 13.0. The van der Waals surface area contributed by atoms with Crippen molar-refractivity contribution in [2.45, 2.75) is 70.6 Å². The standard InChI is InChI=1S/C29H40N2O5/c1-8-20-15-23-22(19(2)3)11-12-27(4,33)24(23)16-25(28(5)13-14-29(20,34-7)36-28)35-26(32)10-9-21-17-31(6)18-30-21/h9-15,17-19,22-25,33H,8,16H2,1-7H3/b10-9+,20-15-/t22-,23-,24-,25+,27-,28+,29-/m1/s1. The topological polar surface area (TPSA) is 82.8 Å². The molecule has 1 aromatic rings. The second-order valence-corrected chi connectivity index (χ2v) is 11.1. The van der Waals surface area contributed by atoms with E-state index in [0.29, 0.717) is 18.0 Å². The largest absolute Gasteiger partial charge is 0.456 e. The quantitative estimate of drug-likeness (QED) is 0.352. The molecule has 7 heteroatoms. The first-order valence-electron chi connectivity index (χ1n) is 12.9. The minimum absolute atomic E-state index is 0.0252. The van der Waals surface area contributed by atoms with Crippen molar-refractivity contribution in [3.8, 4) is 0 Å². The van der Waals surface area contributed by atoms with E-state index < -0.39 is 29.1 Å². The first-order chi connectivity index (χ1) is 16.9. The van der Waals surface area contributed by atoms with Gasteiger partial charge in [-0.1, -0.05) is 39.0 Å². The molecule has 7 atom stereocenters. The summed E-state index contributed by atoms with van der Waals surface area (Å²) in [5, 5.41) is 11.5. The molecule has 2 aliphatic heterocycles. The average molecular weight is 497 g/mol. The second kappa shape index (κ2) is 9.77. The highest BCUT2D eigenvalue weighted by Crippen LogP contribution is 2.50. The Labute approximate surface area is 214 Å². The molecule has 196 valence electrons. The number of nitrogens with zero attached hydrogens (tertiary/aromatic N) is 2. The summed E-state index contributed by atoms with van der Waals surface area (Å²) >= 11 is 0. The number of esters is 1. The summed E-state index contributed by atoms with van der Waals surface area (Å²) in [5.41, 5.74) is -0.316. The number of hydrogen-bond donors (Lipinski definition) is 1. The van der Waals surface area contributed by atoms with E-state index in [2.05, 4.69) is 37.9 Å². The maximum Gasteiger partial charge on any atom is 0.331 e. The van der Waals surface area contributed by atoms with E-state index in [1.807, 2.05) is 49.9 Å². The maximum absolute atomic E-state index is 13.0. The number of allylic oxidation sites excluding steroid dienone is 2. The molecule has 0 saturated heterocycles. The fraction of sp³-hybridized carbons (Fsp3) is 0.586. The predicted octanol–water partition coefficient (Wildman–Crippen LogP) is 4.60. The molecular weight excluding hydrogens is 456 g/mol. The van der Waals surface area contributed by atoms with Crippen molar-refractivity contribution in [1.29, 1.82) is 0 Å². The van der Waals surface area contributed by atoms with Crippen molar-refractivity contribution in [3.63, 3.8) is 0 Å². The third-order valence-electron chi connectivity index (χ3n) is 8.10. The van der Waals surface area contributed by atoms with Gasteiger partial charge in [0.1, 0.15) is 11.7 Å². The van der Waals surface area contributed by atoms with Gasteiger partial charge in [0.25, 0.3) is 0 Å². The molecule has 4 rings (SSSR count). The van der Waals surface area contributed by atoms with Crippen LogP contribution in [0.2, 0.25) is 0 Å². The van der Waals surface area contributed by atoms with Crippen LogP contribution >= 0.6 is 0 Å². The molecule has 36 heavy (non-hydrogen) atoms. The molecule has 0 spiro atoms. The van der Waals surface area contributed by atoms with E-state index in [0.717, 1.165) is 12.0 Å². The number of ether oxygens (including phenoxy) is 3. The fourth-order valence-electron chi connectivity index (χ4n) is 5.96. The Balaban J connectivity index is 1.75. The zero-order valence-electron chi connectivity index (χ0n) is 22.5. The smallest absolute Gasteiger partial charge is 0.331 e. The Morgan fingerprint density at radius 1 is 1.33 bits per heavy atom. The van der Waals surface area contributed by atoms with Crippen LogP contribution in [-0.2, 0) is 26.1 Å². The molecule has 1 aromatic heterocycles. The highest BCUT2D eigenvalue weighted by atomic mass is 16.7. The van der Waals surface area contributed by atoms with Crippen molar-refractivity contribution >= 4 is 12.0 Å². The summed E-state index contributed by atoms with van der Waals surface area (Å²) in [4.78, 5) is 17.2. The minimum atomic E-state index is -1.07. The summed E-state index contributed by atoms with van der Waals surface area (Å²) in [7, 11) is 3.51. The predicted molar refractivity (Wildman–Crippen MR) is 139 cm³/mol. The molecule has 1 aliphatic carbocycles. The van der Waals surface area contributed by atoms with E-state index in [1.54, 1.807) is 19.5 Å².